The van der Waals surface area contributed by atoms with Gasteiger partial charge in [-0.15, -0.1) is 11.3 Å². The van der Waals surface area contributed by atoms with Crippen molar-refractivity contribution >= 4 is 57.7 Å². The molecular weight excluding hydrogens is 317 g/mol. The second-order valence-electron chi connectivity index (χ2n) is 3.35. The van der Waals surface area contributed by atoms with Gasteiger partial charge in [0.1, 0.15) is 16.9 Å². The van der Waals surface area contributed by atoms with Crippen LogP contribution in [0.25, 0.3) is 0 Å². The van der Waals surface area contributed by atoms with E-state index in [1.807, 2.05) is 6.92 Å². The van der Waals surface area contributed by atoms with E-state index in [1.165, 1.54) is 17.7 Å². The van der Waals surface area contributed by atoms with Crippen molar-refractivity contribution in [3.05, 3.63) is 37.5 Å². The lowest BCUT2D eigenvalue weighted by Gasteiger charge is -2.06. The minimum absolute atomic E-state index is 0.0766. The maximum absolute atomic E-state index is 12.0. The number of halogens is 3. The number of hydrogen-bond donors (Lipinski definition) is 1. The van der Waals surface area contributed by atoms with Crippen LogP contribution in [0.2, 0.25) is 15.3 Å². The fourth-order valence-corrected chi connectivity index (χ4v) is 2.78. The molecule has 1 amide bonds. The van der Waals surface area contributed by atoms with E-state index in [1.54, 1.807) is 5.38 Å². The van der Waals surface area contributed by atoms with E-state index in [0.29, 0.717) is 9.90 Å². The summed E-state index contributed by atoms with van der Waals surface area (Å²) in [5.41, 5.74) is 1.02. The first-order chi connectivity index (χ1) is 8.50. The van der Waals surface area contributed by atoms with Crippen LogP contribution >= 0.6 is 46.1 Å². The summed E-state index contributed by atoms with van der Waals surface area (Å²) in [5, 5.41) is 4.91. The maximum Gasteiger partial charge on any atom is 0.267 e. The zero-order valence-electron chi connectivity index (χ0n) is 9.00. The predicted octanol–water partition coefficient (Wildman–Crippen LogP) is 4.06. The zero-order chi connectivity index (χ0) is 13.3. The lowest BCUT2D eigenvalue weighted by Crippen LogP contribution is -2.12. The molecule has 8 heteroatoms. The number of carbonyl (C=O) groups is 1. The maximum atomic E-state index is 12.0. The Hall–Kier alpha value is -0.880. The number of hydrogen-bond acceptors (Lipinski definition) is 4. The normalized spacial score (nSPS) is 10.4. The summed E-state index contributed by atoms with van der Waals surface area (Å²) < 4.78 is 0. The van der Waals surface area contributed by atoms with Crippen molar-refractivity contribution in [2.45, 2.75) is 6.92 Å². The molecule has 0 aromatic carbocycles. The van der Waals surface area contributed by atoms with E-state index in [0.717, 1.165) is 5.56 Å². The SMILES string of the molecule is Cc1csc(C(=O)Nc2c(Cl)ncnc2Cl)c1Cl. The summed E-state index contributed by atoms with van der Waals surface area (Å²) in [7, 11) is 0. The quantitative estimate of drug-likeness (QED) is 0.848. The summed E-state index contributed by atoms with van der Waals surface area (Å²) in [6, 6.07) is 0. The highest BCUT2D eigenvalue weighted by molar-refractivity contribution is 7.13. The van der Waals surface area contributed by atoms with Gasteiger partial charge in [0, 0.05) is 0 Å². The largest absolute Gasteiger partial charge is 0.316 e. The van der Waals surface area contributed by atoms with E-state index >= 15 is 0 Å². The molecule has 0 fully saturated rings. The first kappa shape index (κ1) is 13.5. The zero-order valence-corrected chi connectivity index (χ0v) is 12.1. The molecule has 0 radical (unpaired) electrons. The lowest BCUT2D eigenvalue weighted by molar-refractivity contribution is 0.103. The fourth-order valence-electron chi connectivity index (χ4n) is 1.20. The van der Waals surface area contributed by atoms with Crippen molar-refractivity contribution in [2.75, 3.05) is 5.32 Å². The molecule has 0 saturated heterocycles. The Morgan fingerprint density at radius 3 is 2.39 bits per heavy atom. The van der Waals surface area contributed by atoms with Gasteiger partial charge in [-0.1, -0.05) is 34.8 Å². The van der Waals surface area contributed by atoms with Crippen molar-refractivity contribution in [2.24, 2.45) is 0 Å². The molecule has 0 spiro atoms. The van der Waals surface area contributed by atoms with Crippen molar-refractivity contribution in [3.63, 3.8) is 0 Å². The third kappa shape index (κ3) is 2.59. The molecule has 0 saturated carbocycles. The molecule has 0 bridgehead atoms. The molecule has 94 valence electrons. The molecule has 0 aliphatic rings. The number of aryl methyl sites for hydroxylation is 1. The number of rotatable bonds is 2. The number of amides is 1. The molecule has 2 aromatic heterocycles. The monoisotopic (exact) mass is 321 g/mol. The molecule has 2 heterocycles. The second-order valence-corrected chi connectivity index (χ2v) is 5.32. The third-order valence-electron chi connectivity index (χ3n) is 2.10. The van der Waals surface area contributed by atoms with Gasteiger partial charge < -0.3 is 5.32 Å². The Labute approximate surface area is 122 Å². The number of nitrogens with zero attached hydrogens (tertiary/aromatic N) is 2. The molecule has 0 aliphatic heterocycles. The summed E-state index contributed by atoms with van der Waals surface area (Å²) in [6.45, 7) is 1.82. The summed E-state index contributed by atoms with van der Waals surface area (Å²) >= 11 is 18.9. The Kier molecular flexibility index (Phi) is 4.07. The molecule has 18 heavy (non-hydrogen) atoms. The van der Waals surface area contributed by atoms with Gasteiger partial charge in [0.2, 0.25) is 0 Å². The van der Waals surface area contributed by atoms with Crippen LogP contribution in [-0.4, -0.2) is 15.9 Å². The third-order valence-corrected chi connectivity index (χ3v) is 4.37. The highest BCUT2D eigenvalue weighted by Gasteiger charge is 2.18. The van der Waals surface area contributed by atoms with Gasteiger partial charge in [0.15, 0.2) is 10.3 Å². The smallest absolute Gasteiger partial charge is 0.267 e. The minimum atomic E-state index is -0.392. The standard InChI is InChI=1S/C10H6Cl3N3OS/c1-4-2-18-7(5(4)11)10(17)16-6-8(12)14-3-15-9(6)13/h2-3H,1H3,(H,16,17). The van der Waals surface area contributed by atoms with Crippen LogP contribution in [0.4, 0.5) is 5.69 Å². The van der Waals surface area contributed by atoms with Crippen LogP contribution in [0.5, 0.6) is 0 Å². The van der Waals surface area contributed by atoms with Gasteiger partial charge in [-0.25, -0.2) is 9.97 Å². The molecule has 1 N–H and O–H groups in total. The van der Waals surface area contributed by atoms with Crippen LogP contribution in [0, 0.1) is 6.92 Å². The van der Waals surface area contributed by atoms with Crippen LogP contribution in [-0.2, 0) is 0 Å². The van der Waals surface area contributed by atoms with Crippen molar-refractivity contribution < 1.29 is 4.79 Å². The van der Waals surface area contributed by atoms with Gasteiger partial charge in [-0.2, -0.15) is 0 Å². The summed E-state index contributed by atoms with van der Waals surface area (Å²) in [4.78, 5) is 19.9. The van der Waals surface area contributed by atoms with Gasteiger partial charge in [0.25, 0.3) is 5.91 Å². The molecule has 2 rings (SSSR count). The molecule has 0 aliphatic carbocycles. The number of carbonyl (C=O) groups excluding carboxylic acids is 1. The Morgan fingerprint density at radius 2 is 1.89 bits per heavy atom. The van der Waals surface area contributed by atoms with Gasteiger partial charge in [-0.3, -0.25) is 4.79 Å². The first-order valence-electron chi connectivity index (χ1n) is 4.71. The minimum Gasteiger partial charge on any atom is -0.316 e. The van der Waals surface area contributed by atoms with Gasteiger partial charge >= 0.3 is 0 Å². The average Bonchev–Trinajstić information content (AvgIpc) is 2.65. The molecule has 2 aromatic rings. The van der Waals surface area contributed by atoms with E-state index in [2.05, 4.69) is 15.3 Å². The topological polar surface area (TPSA) is 54.9 Å². The Morgan fingerprint density at radius 1 is 1.28 bits per heavy atom. The van der Waals surface area contributed by atoms with E-state index in [-0.39, 0.29) is 16.0 Å². The van der Waals surface area contributed by atoms with E-state index in [9.17, 15) is 4.79 Å². The van der Waals surface area contributed by atoms with Crippen LogP contribution in [0.1, 0.15) is 15.2 Å². The van der Waals surface area contributed by atoms with Gasteiger partial charge in [-0.05, 0) is 17.9 Å². The fraction of sp³-hybridized carbons (Fsp3) is 0.100. The highest BCUT2D eigenvalue weighted by atomic mass is 35.5. The number of thiophene rings is 1. The van der Waals surface area contributed by atoms with Crippen molar-refractivity contribution in [3.8, 4) is 0 Å². The summed E-state index contributed by atoms with van der Waals surface area (Å²) in [5.74, 6) is -0.392. The first-order valence-corrected chi connectivity index (χ1v) is 6.73. The van der Waals surface area contributed by atoms with Gasteiger partial charge in [0.05, 0.1) is 5.02 Å². The number of nitrogens with one attached hydrogen (secondary N) is 1. The average molecular weight is 323 g/mol. The van der Waals surface area contributed by atoms with Crippen LogP contribution in [0.3, 0.4) is 0 Å². The van der Waals surface area contributed by atoms with Crippen LogP contribution < -0.4 is 5.32 Å². The molecule has 0 atom stereocenters. The second kappa shape index (κ2) is 5.40. The van der Waals surface area contributed by atoms with E-state index < -0.39 is 5.91 Å². The highest BCUT2D eigenvalue weighted by Crippen LogP contribution is 2.30. The Balaban J connectivity index is 2.30. The predicted molar refractivity (Wildman–Crippen MR) is 74.1 cm³/mol. The van der Waals surface area contributed by atoms with Crippen molar-refractivity contribution in [1.29, 1.82) is 0 Å². The molecular formula is C10H6Cl3N3OS. The Bertz CT molecular complexity index is 594. The number of aromatic nitrogens is 2. The van der Waals surface area contributed by atoms with Crippen LogP contribution in [0.15, 0.2) is 11.7 Å². The molecule has 4 nitrogen and oxygen atoms in total. The van der Waals surface area contributed by atoms with E-state index in [4.69, 9.17) is 34.8 Å². The van der Waals surface area contributed by atoms with Crippen molar-refractivity contribution in [1.82, 2.24) is 9.97 Å². The number of anilines is 1. The lowest BCUT2D eigenvalue weighted by atomic mass is 10.3. The summed E-state index contributed by atoms with van der Waals surface area (Å²) in [6.07, 6.45) is 1.21. The molecule has 0 unspecified atom stereocenters.